The van der Waals surface area contributed by atoms with Crippen LogP contribution >= 0.6 is 0 Å². The maximum absolute atomic E-state index is 4.52. The summed E-state index contributed by atoms with van der Waals surface area (Å²) < 4.78 is 2.19. The number of benzene rings is 1. The lowest BCUT2D eigenvalue weighted by molar-refractivity contribution is 0.571. The van der Waals surface area contributed by atoms with Crippen LogP contribution in [0.5, 0.6) is 0 Å². The van der Waals surface area contributed by atoms with Crippen LogP contribution in [-0.4, -0.2) is 16.1 Å². The third-order valence-corrected chi connectivity index (χ3v) is 3.42. The molecule has 2 aromatic rings. The van der Waals surface area contributed by atoms with E-state index >= 15 is 0 Å². The third kappa shape index (κ3) is 3.04. The molecule has 1 aromatic carbocycles. The molecule has 1 unspecified atom stereocenters. The van der Waals surface area contributed by atoms with Crippen molar-refractivity contribution in [1.29, 1.82) is 0 Å². The number of hydrogen-bond donors (Lipinski definition) is 1. The highest BCUT2D eigenvalue weighted by Gasteiger charge is 2.13. The standard InChI is InChI=1S/C16H23N3/c1-4-10-17-13(3)14-8-6-7-9-15(14)16-18-11-12-19(16)5-2/h6-9,11-13,17H,4-5,10H2,1-3H3. The first-order valence-electron chi connectivity index (χ1n) is 7.11. The molecule has 1 aromatic heterocycles. The zero-order valence-electron chi connectivity index (χ0n) is 12.1. The van der Waals surface area contributed by atoms with Gasteiger partial charge in [0.05, 0.1) is 0 Å². The van der Waals surface area contributed by atoms with Crippen LogP contribution < -0.4 is 5.32 Å². The quantitative estimate of drug-likeness (QED) is 0.856. The van der Waals surface area contributed by atoms with Crippen molar-refractivity contribution in [2.45, 2.75) is 39.8 Å². The Kier molecular flexibility index (Phi) is 4.74. The first-order valence-corrected chi connectivity index (χ1v) is 7.11. The zero-order chi connectivity index (χ0) is 13.7. The van der Waals surface area contributed by atoms with Crippen molar-refractivity contribution in [3.8, 4) is 11.4 Å². The fraction of sp³-hybridized carbons (Fsp3) is 0.438. The summed E-state index contributed by atoms with van der Waals surface area (Å²) in [6.45, 7) is 8.54. The van der Waals surface area contributed by atoms with E-state index in [1.807, 2.05) is 12.4 Å². The normalized spacial score (nSPS) is 12.6. The molecule has 19 heavy (non-hydrogen) atoms. The van der Waals surface area contributed by atoms with Gasteiger partial charge in [0.25, 0.3) is 0 Å². The monoisotopic (exact) mass is 257 g/mol. The molecule has 0 radical (unpaired) electrons. The van der Waals surface area contributed by atoms with Gasteiger partial charge in [0.15, 0.2) is 0 Å². The van der Waals surface area contributed by atoms with Gasteiger partial charge in [-0.1, -0.05) is 31.2 Å². The summed E-state index contributed by atoms with van der Waals surface area (Å²) in [5, 5.41) is 3.55. The number of nitrogens with zero attached hydrogens (tertiary/aromatic N) is 2. The Morgan fingerprint density at radius 3 is 2.79 bits per heavy atom. The maximum Gasteiger partial charge on any atom is 0.140 e. The van der Waals surface area contributed by atoms with Crippen molar-refractivity contribution < 1.29 is 0 Å². The molecule has 0 aliphatic heterocycles. The van der Waals surface area contributed by atoms with Gasteiger partial charge in [-0.05, 0) is 32.4 Å². The highest BCUT2D eigenvalue weighted by Crippen LogP contribution is 2.27. The van der Waals surface area contributed by atoms with E-state index in [4.69, 9.17) is 0 Å². The maximum atomic E-state index is 4.52. The topological polar surface area (TPSA) is 29.9 Å². The first kappa shape index (κ1) is 13.8. The Balaban J connectivity index is 2.36. The molecule has 102 valence electrons. The predicted octanol–water partition coefficient (Wildman–Crippen LogP) is 3.63. The van der Waals surface area contributed by atoms with Crippen LogP contribution in [0.2, 0.25) is 0 Å². The molecule has 0 aliphatic carbocycles. The molecular formula is C16H23N3. The predicted molar refractivity (Wildman–Crippen MR) is 80.0 cm³/mol. The minimum atomic E-state index is 0.346. The van der Waals surface area contributed by atoms with Crippen molar-refractivity contribution >= 4 is 0 Å². The molecule has 0 saturated heterocycles. The van der Waals surface area contributed by atoms with Gasteiger partial charge in [0.1, 0.15) is 5.82 Å². The van der Waals surface area contributed by atoms with E-state index in [-0.39, 0.29) is 0 Å². The van der Waals surface area contributed by atoms with E-state index in [9.17, 15) is 0 Å². The molecule has 2 rings (SSSR count). The molecule has 3 nitrogen and oxygen atoms in total. The molecule has 0 amide bonds. The van der Waals surface area contributed by atoms with E-state index in [2.05, 4.69) is 59.9 Å². The largest absolute Gasteiger partial charge is 0.331 e. The molecule has 3 heteroatoms. The summed E-state index contributed by atoms with van der Waals surface area (Å²) in [5.74, 6) is 1.06. The van der Waals surface area contributed by atoms with Crippen molar-refractivity contribution in [3.63, 3.8) is 0 Å². The van der Waals surface area contributed by atoms with Gasteiger partial charge in [0.2, 0.25) is 0 Å². The van der Waals surface area contributed by atoms with Crippen LogP contribution in [0.3, 0.4) is 0 Å². The average Bonchev–Trinajstić information content (AvgIpc) is 2.93. The van der Waals surface area contributed by atoms with E-state index in [0.717, 1.165) is 25.3 Å². The highest BCUT2D eigenvalue weighted by molar-refractivity contribution is 5.61. The number of imidazole rings is 1. The summed E-state index contributed by atoms with van der Waals surface area (Å²) in [5.41, 5.74) is 2.54. The van der Waals surface area contributed by atoms with Crippen molar-refractivity contribution in [3.05, 3.63) is 42.2 Å². The van der Waals surface area contributed by atoms with Crippen molar-refractivity contribution in [2.75, 3.05) is 6.54 Å². The first-order chi connectivity index (χ1) is 9.27. The van der Waals surface area contributed by atoms with Gasteiger partial charge in [-0.3, -0.25) is 0 Å². The second kappa shape index (κ2) is 6.53. The van der Waals surface area contributed by atoms with Gasteiger partial charge in [-0.25, -0.2) is 4.98 Å². The third-order valence-electron chi connectivity index (χ3n) is 3.42. The molecule has 0 aliphatic rings. The Morgan fingerprint density at radius 1 is 1.26 bits per heavy atom. The lowest BCUT2D eigenvalue weighted by Crippen LogP contribution is -2.20. The number of hydrogen-bond acceptors (Lipinski definition) is 2. The second-order valence-corrected chi connectivity index (χ2v) is 4.80. The Bertz CT molecular complexity index is 516. The Morgan fingerprint density at radius 2 is 2.05 bits per heavy atom. The molecule has 0 fully saturated rings. The molecular weight excluding hydrogens is 234 g/mol. The summed E-state index contributed by atoms with van der Waals surface area (Å²) in [4.78, 5) is 4.52. The molecule has 0 spiro atoms. The Hall–Kier alpha value is -1.61. The minimum absolute atomic E-state index is 0.346. The molecule has 1 atom stereocenters. The minimum Gasteiger partial charge on any atom is -0.331 e. The van der Waals surface area contributed by atoms with Gasteiger partial charge >= 0.3 is 0 Å². The van der Waals surface area contributed by atoms with E-state index in [1.165, 1.54) is 11.1 Å². The number of nitrogens with one attached hydrogen (secondary N) is 1. The van der Waals surface area contributed by atoms with Gasteiger partial charge < -0.3 is 9.88 Å². The highest BCUT2D eigenvalue weighted by atomic mass is 15.1. The van der Waals surface area contributed by atoms with Crippen LogP contribution in [0.15, 0.2) is 36.7 Å². The Labute approximate surface area is 115 Å². The smallest absolute Gasteiger partial charge is 0.140 e. The van der Waals surface area contributed by atoms with Crippen LogP contribution in [0.1, 0.15) is 38.8 Å². The van der Waals surface area contributed by atoms with E-state index in [1.54, 1.807) is 0 Å². The number of rotatable bonds is 6. The summed E-state index contributed by atoms with van der Waals surface area (Å²) in [6.07, 6.45) is 5.06. The van der Waals surface area contributed by atoms with Crippen LogP contribution in [-0.2, 0) is 6.54 Å². The van der Waals surface area contributed by atoms with E-state index < -0.39 is 0 Å². The molecule has 1 N–H and O–H groups in total. The molecule has 0 bridgehead atoms. The van der Waals surface area contributed by atoms with Crippen molar-refractivity contribution in [1.82, 2.24) is 14.9 Å². The summed E-state index contributed by atoms with van der Waals surface area (Å²) in [7, 11) is 0. The second-order valence-electron chi connectivity index (χ2n) is 4.80. The fourth-order valence-corrected chi connectivity index (χ4v) is 2.36. The van der Waals surface area contributed by atoms with Crippen molar-refractivity contribution in [2.24, 2.45) is 0 Å². The lowest BCUT2D eigenvalue weighted by atomic mass is 10.0. The van der Waals surface area contributed by atoms with Crippen LogP contribution in [0, 0.1) is 0 Å². The lowest BCUT2D eigenvalue weighted by Gasteiger charge is -2.18. The van der Waals surface area contributed by atoms with Gasteiger partial charge in [0, 0.05) is 30.5 Å². The summed E-state index contributed by atoms with van der Waals surface area (Å²) in [6, 6.07) is 8.88. The number of aromatic nitrogens is 2. The van der Waals surface area contributed by atoms with E-state index in [0.29, 0.717) is 6.04 Å². The summed E-state index contributed by atoms with van der Waals surface area (Å²) >= 11 is 0. The number of aryl methyl sites for hydroxylation is 1. The molecule has 1 heterocycles. The van der Waals surface area contributed by atoms with Crippen LogP contribution in [0.25, 0.3) is 11.4 Å². The fourth-order valence-electron chi connectivity index (χ4n) is 2.36. The average molecular weight is 257 g/mol. The van der Waals surface area contributed by atoms with Crippen LogP contribution in [0.4, 0.5) is 0 Å². The van der Waals surface area contributed by atoms with Gasteiger partial charge in [-0.2, -0.15) is 0 Å². The molecule has 0 saturated carbocycles. The zero-order valence-corrected chi connectivity index (χ0v) is 12.1. The van der Waals surface area contributed by atoms with Gasteiger partial charge in [-0.15, -0.1) is 0 Å². The SMILES string of the molecule is CCCNC(C)c1ccccc1-c1nccn1CC.